The van der Waals surface area contributed by atoms with E-state index in [4.69, 9.17) is 23.8 Å². The van der Waals surface area contributed by atoms with E-state index in [2.05, 4.69) is 35.0 Å². The third-order valence-electron chi connectivity index (χ3n) is 5.24. The smallest absolute Gasteiger partial charge is 0.262 e. The molecule has 0 aromatic carbocycles. The number of amides is 1. The summed E-state index contributed by atoms with van der Waals surface area (Å²) in [5.41, 5.74) is 6.71. The average molecular weight is 406 g/mol. The van der Waals surface area contributed by atoms with Gasteiger partial charge in [0, 0.05) is 18.3 Å². The molecule has 3 rings (SSSR count). The summed E-state index contributed by atoms with van der Waals surface area (Å²) in [6.07, 6.45) is 8.40. The van der Waals surface area contributed by atoms with Gasteiger partial charge in [-0.05, 0) is 48.7 Å². The van der Waals surface area contributed by atoms with Crippen molar-refractivity contribution in [1.82, 2.24) is 25.6 Å². The van der Waals surface area contributed by atoms with E-state index in [1.165, 1.54) is 18.9 Å². The molecule has 8 heteroatoms. The van der Waals surface area contributed by atoms with Crippen LogP contribution in [0.25, 0.3) is 11.7 Å². The van der Waals surface area contributed by atoms with E-state index in [-0.39, 0.29) is 5.91 Å². The highest BCUT2D eigenvalue weighted by molar-refractivity contribution is 7.80. The lowest BCUT2D eigenvalue weighted by Crippen LogP contribution is -2.52. The molecule has 2 heterocycles. The fourth-order valence-electron chi connectivity index (χ4n) is 3.44. The molecule has 1 amide bonds. The SMILES string of the molecule is C[C@@H]1[C@H](C)CCC[C@H]1NC(=S)NNC(=O)/C=C/c1c(Cl)nc2ccccn12. The minimum absolute atomic E-state index is 0.328. The number of hydrogen-bond donors (Lipinski definition) is 3. The number of thiocarbonyl (C=S) groups is 1. The van der Waals surface area contributed by atoms with Crippen molar-refractivity contribution in [2.24, 2.45) is 11.8 Å². The second kappa shape index (κ2) is 8.71. The van der Waals surface area contributed by atoms with Gasteiger partial charge in [0.05, 0.1) is 5.69 Å². The van der Waals surface area contributed by atoms with Gasteiger partial charge in [0.15, 0.2) is 10.3 Å². The van der Waals surface area contributed by atoms with Gasteiger partial charge in [-0.2, -0.15) is 0 Å². The lowest BCUT2D eigenvalue weighted by molar-refractivity contribution is -0.116. The van der Waals surface area contributed by atoms with Crippen LogP contribution in [0.3, 0.4) is 0 Å². The maximum absolute atomic E-state index is 12.1. The van der Waals surface area contributed by atoms with E-state index >= 15 is 0 Å². The summed E-state index contributed by atoms with van der Waals surface area (Å²) in [4.78, 5) is 16.3. The number of carbonyl (C=O) groups is 1. The van der Waals surface area contributed by atoms with Crippen LogP contribution in [0.4, 0.5) is 0 Å². The molecule has 0 bridgehead atoms. The molecule has 3 atom stereocenters. The van der Waals surface area contributed by atoms with Crippen molar-refractivity contribution < 1.29 is 4.79 Å². The van der Waals surface area contributed by atoms with Crippen molar-refractivity contribution in [3.05, 3.63) is 41.3 Å². The minimum atomic E-state index is -0.328. The summed E-state index contributed by atoms with van der Waals surface area (Å²) in [6.45, 7) is 4.51. The zero-order valence-corrected chi connectivity index (χ0v) is 17.0. The van der Waals surface area contributed by atoms with Crippen LogP contribution in [0, 0.1) is 11.8 Å². The van der Waals surface area contributed by atoms with E-state index in [9.17, 15) is 4.79 Å². The third-order valence-corrected chi connectivity index (χ3v) is 5.74. The van der Waals surface area contributed by atoms with E-state index in [0.29, 0.717) is 33.8 Å². The Morgan fingerprint density at radius 1 is 1.33 bits per heavy atom. The Labute approximate surface area is 169 Å². The van der Waals surface area contributed by atoms with Crippen molar-refractivity contribution in [2.75, 3.05) is 0 Å². The summed E-state index contributed by atoms with van der Waals surface area (Å²) in [6, 6.07) is 5.94. The molecular weight excluding hydrogens is 382 g/mol. The van der Waals surface area contributed by atoms with E-state index in [1.807, 2.05) is 28.8 Å². The molecule has 3 N–H and O–H groups in total. The Kier molecular flexibility index (Phi) is 6.34. The average Bonchev–Trinajstić information content (AvgIpc) is 2.97. The van der Waals surface area contributed by atoms with Gasteiger partial charge in [0.1, 0.15) is 5.65 Å². The highest BCUT2D eigenvalue weighted by Gasteiger charge is 2.27. The van der Waals surface area contributed by atoms with Crippen LogP contribution < -0.4 is 16.2 Å². The molecule has 0 spiro atoms. The fourth-order valence-corrected chi connectivity index (χ4v) is 3.88. The highest BCUT2D eigenvalue weighted by Crippen LogP contribution is 2.29. The van der Waals surface area contributed by atoms with Crippen molar-refractivity contribution >= 4 is 46.6 Å². The number of carbonyl (C=O) groups excluding carboxylic acids is 1. The standard InChI is InChI=1S/C19H24ClN5OS/c1-12-6-5-7-14(13(12)2)21-19(27)24-23-17(26)10-9-15-18(20)22-16-8-3-4-11-25(15)16/h3-4,8-14H,5-7H2,1-2H3,(H,23,26)(H2,21,24,27)/b10-9+/t12-,13-,14-/m1/s1. The van der Waals surface area contributed by atoms with Crippen LogP contribution in [-0.2, 0) is 4.79 Å². The molecule has 6 nitrogen and oxygen atoms in total. The number of fused-ring (bicyclic) bond motifs is 1. The lowest BCUT2D eigenvalue weighted by Gasteiger charge is -2.35. The molecule has 2 aromatic rings. The number of imidazole rings is 1. The summed E-state index contributed by atoms with van der Waals surface area (Å²) in [5.74, 6) is 0.893. The van der Waals surface area contributed by atoms with E-state index in [0.717, 1.165) is 12.1 Å². The first-order valence-corrected chi connectivity index (χ1v) is 9.91. The number of nitrogens with one attached hydrogen (secondary N) is 3. The predicted molar refractivity (Wildman–Crippen MR) is 112 cm³/mol. The Morgan fingerprint density at radius 2 is 2.15 bits per heavy atom. The van der Waals surface area contributed by atoms with E-state index < -0.39 is 0 Å². The molecule has 2 aromatic heterocycles. The van der Waals surface area contributed by atoms with Crippen LogP contribution in [0.5, 0.6) is 0 Å². The normalized spacial score (nSPS) is 22.7. The van der Waals surface area contributed by atoms with Gasteiger partial charge in [-0.3, -0.25) is 20.0 Å². The Bertz CT molecular complexity index is 865. The number of nitrogens with zero attached hydrogens (tertiary/aromatic N) is 2. The first-order chi connectivity index (χ1) is 13.0. The van der Waals surface area contributed by atoms with Gasteiger partial charge >= 0.3 is 0 Å². The molecule has 0 radical (unpaired) electrons. The molecule has 1 fully saturated rings. The Morgan fingerprint density at radius 3 is 2.96 bits per heavy atom. The second-order valence-corrected chi connectivity index (χ2v) is 7.78. The van der Waals surface area contributed by atoms with Gasteiger partial charge in [0.2, 0.25) is 0 Å². The summed E-state index contributed by atoms with van der Waals surface area (Å²) < 4.78 is 1.82. The maximum Gasteiger partial charge on any atom is 0.262 e. The van der Waals surface area contributed by atoms with Crippen LogP contribution >= 0.6 is 23.8 Å². The monoisotopic (exact) mass is 405 g/mol. The predicted octanol–water partition coefficient (Wildman–Crippen LogP) is 3.32. The second-order valence-electron chi connectivity index (χ2n) is 7.01. The van der Waals surface area contributed by atoms with Crippen LogP contribution in [0.1, 0.15) is 38.8 Å². The zero-order chi connectivity index (χ0) is 19.4. The van der Waals surface area contributed by atoms with Gasteiger partial charge in [-0.1, -0.05) is 44.4 Å². The lowest BCUT2D eigenvalue weighted by atomic mass is 9.78. The number of pyridine rings is 1. The molecule has 0 aliphatic heterocycles. The number of aromatic nitrogens is 2. The Balaban J connectivity index is 1.52. The highest BCUT2D eigenvalue weighted by atomic mass is 35.5. The minimum Gasteiger partial charge on any atom is -0.358 e. The largest absolute Gasteiger partial charge is 0.358 e. The number of hydrogen-bond acceptors (Lipinski definition) is 3. The van der Waals surface area contributed by atoms with Crippen molar-refractivity contribution in [1.29, 1.82) is 0 Å². The van der Waals surface area contributed by atoms with Gasteiger partial charge in [0.25, 0.3) is 5.91 Å². The van der Waals surface area contributed by atoms with Crippen molar-refractivity contribution in [3.8, 4) is 0 Å². The van der Waals surface area contributed by atoms with Crippen LogP contribution in [0.15, 0.2) is 30.5 Å². The summed E-state index contributed by atoms with van der Waals surface area (Å²) in [7, 11) is 0. The topological polar surface area (TPSA) is 70.5 Å². The third kappa shape index (κ3) is 4.78. The molecule has 1 saturated carbocycles. The van der Waals surface area contributed by atoms with Crippen molar-refractivity contribution in [3.63, 3.8) is 0 Å². The number of halogens is 1. The number of hydrazine groups is 1. The quantitative estimate of drug-likeness (QED) is 0.415. The molecule has 1 aliphatic rings. The van der Waals surface area contributed by atoms with Crippen LogP contribution in [-0.4, -0.2) is 26.4 Å². The molecule has 0 unspecified atom stereocenters. The van der Waals surface area contributed by atoms with Gasteiger partial charge in [-0.15, -0.1) is 0 Å². The van der Waals surface area contributed by atoms with Gasteiger partial charge < -0.3 is 5.32 Å². The van der Waals surface area contributed by atoms with Gasteiger partial charge in [-0.25, -0.2) is 4.98 Å². The number of rotatable bonds is 3. The molecule has 27 heavy (non-hydrogen) atoms. The Hall–Kier alpha value is -2.12. The molecule has 144 valence electrons. The maximum atomic E-state index is 12.1. The first-order valence-electron chi connectivity index (χ1n) is 9.13. The van der Waals surface area contributed by atoms with E-state index in [1.54, 1.807) is 6.08 Å². The molecule has 1 aliphatic carbocycles. The van der Waals surface area contributed by atoms with Crippen LogP contribution in [0.2, 0.25) is 5.15 Å². The first kappa shape index (κ1) is 19.6. The summed E-state index contributed by atoms with van der Waals surface area (Å²) in [5, 5.41) is 4.07. The molecule has 0 saturated heterocycles. The summed E-state index contributed by atoms with van der Waals surface area (Å²) >= 11 is 11.4. The zero-order valence-electron chi connectivity index (χ0n) is 15.4. The van der Waals surface area contributed by atoms with Crippen molar-refractivity contribution in [2.45, 2.75) is 39.2 Å². The molecular formula is C19H24ClN5OS. The fraction of sp³-hybridized carbons (Fsp3) is 0.421.